The standard InChI is InChI=1S/C34H29N7.C32H25N7/c1-3-39(4-2)28-22-24(31-37-29-17-11-19-35-33(29)40(31)26-13-7-5-8-14-26)21-25(23-28)32-38-30-18-12-20-36-34(30)41(32)27-15-9-6-10-16-27;1-37(2)26-20-22(29-35-27-15-9-17-33-31(27)38(29)24-11-5-3-6-12-24)19-23(21-26)30-36-28-16-10-18-34-32(28)39(30)25-13-7-4-8-14-25/h5-23H,3-4H2,1-2H3;3-21H,1-2H3. The van der Waals surface area contributed by atoms with Crippen molar-refractivity contribution in [2.24, 2.45) is 0 Å². The summed E-state index contributed by atoms with van der Waals surface area (Å²) in [6, 6.07) is 69.9. The smallest absolute Gasteiger partial charge is 0.164 e. The van der Waals surface area contributed by atoms with Crippen LogP contribution in [0.3, 0.4) is 0 Å². The van der Waals surface area contributed by atoms with E-state index in [0.29, 0.717) is 0 Å². The lowest BCUT2D eigenvalue weighted by Gasteiger charge is -2.23. The van der Waals surface area contributed by atoms with E-state index < -0.39 is 0 Å². The number of benzene rings is 6. The highest BCUT2D eigenvalue weighted by molar-refractivity contribution is 5.88. The first-order valence-electron chi connectivity index (χ1n) is 26.7. The van der Waals surface area contributed by atoms with E-state index in [1.165, 1.54) is 0 Å². The van der Waals surface area contributed by atoms with Gasteiger partial charge in [0.25, 0.3) is 0 Å². The molecule has 14 nitrogen and oxygen atoms in total. The maximum atomic E-state index is 5.11. The van der Waals surface area contributed by atoms with E-state index in [1.54, 1.807) is 0 Å². The quantitative estimate of drug-likeness (QED) is 0.117. The molecule has 0 radical (unpaired) electrons. The molecule has 8 heterocycles. The summed E-state index contributed by atoms with van der Waals surface area (Å²) in [5, 5.41) is 0. The van der Waals surface area contributed by atoms with Crippen LogP contribution >= 0.6 is 0 Å². The molecule has 14 rings (SSSR count). The second-order valence-corrected chi connectivity index (χ2v) is 19.4. The minimum Gasteiger partial charge on any atom is -0.378 e. The molecule has 0 N–H and O–H groups in total. The molecular formula is C66H54N14. The maximum Gasteiger partial charge on any atom is 0.164 e. The van der Waals surface area contributed by atoms with Gasteiger partial charge in [0.15, 0.2) is 22.6 Å². The van der Waals surface area contributed by atoms with Crippen LogP contribution in [0.4, 0.5) is 11.4 Å². The number of hydrogen-bond donors (Lipinski definition) is 0. The van der Waals surface area contributed by atoms with Crippen molar-refractivity contribution in [3.63, 3.8) is 0 Å². The molecule has 6 aromatic carbocycles. The SMILES string of the molecule is CCN(CC)c1cc(-c2nc3cccnc3n2-c2ccccc2)cc(-c2nc3cccnc3n2-c2ccccc2)c1.CN(C)c1cc(-c2nc3cccnc3n2-c2ccccc2)cc(-c2nc3cccnc3n2-c2ccccc2)c1. The summed E-state index contributed by atoms with van der Waals surface area (Å²) >= 11 is 0. The summed E-state index contributed by atoms with van der Waals surface area (Å²) in [5.41, 5.74) is 16.8. The van der Waals surface area contributed by atoms with E-state index in [0.717, 1.165) is 137 Å². The molecule has 388 valence electrons. The topological polar surface area (TPSA) is 129 Å². The van der Waals surface area contributed by atoms with Crippen LogP contribution in [0, 0.1) is 0 Å². The van der Waals surface area contributed by atoms with Gasteiger partial charge in [0, 0.05) is 108 Å². The van der Waals surface area contributed by atoms with E-state index in [2.05, 4.69) is 137 Å². The van der Waals surface area contributed by atoms with E-state index in [-0.39, 0.29) is 0 Å². The Labute approximate surface area is 462 Å². The third kappa shape index (κ3) is 9.03. The Morgan fingerprint density at radius 2 is 0.575 bits per heavy atom. The number of para-hydroxylation sites is 4. The first kappa shape index (κ1) is 49.0. The Hall–Kier alpha value is -10.6. The van der Waals surface area contributed by atoms with Crippen molar-refractivity contribution in [2.45, 2.75) is 13.8 Å². The van der Waals surface area contributed by atoms with Gasteiger partial charge in [-0.05, 0) is 147 Å². The zero-order valence-electron chi connectivity index (χ0n) is 44.6. The van der Waals surface area contributed by atoms with Crippen LogP contribution in [-0.4, -0.2) is 85.3 Å². The Morgan fingerprint density at radius 3 is 0.825 bits per heavy atom. The predicted molar refractivity (Wildman–Crippen MR) is 322 cm³/mol. The highest BCUT2D eigenvalue weighted by Crippen LogP contribution is 2.38. The fraction of sp³-hybridized carbons (Fsp3) is 0.0909. The molecule has 0 saturated carbocycles. The number of pyridine rings is 4. The Morgan fingerprint density at radius 1 is 0.312 bits per heavy atom. The van der Waals surface area contributed by atoms with Crippen molar-refractivity contribution in [3.05, 3.63) is 231 Å². The van der Waals surface area contributed by atoms with Gasteiger partial charge in [-0.2, -0.15) is 0 Å². The minimum atomic E-state index is 0.816. The molecular weight excluding hydrogens is 989 g/mol. The highest BCUT2D eigenvalue weighted by atomic mass is 15.2. The molecule has 0 aliphatic rings. The van der Waals surface area contributed by atoms with Crippen LogP contribution in [0.2, 0.25) is 0 Å². The van der Waals surface area contributed by atoms with Gasteiger partial charge in [0.1, 0.15) is 45.4 Å². The number of nitrogens with zero attached hydrogens (tertiary/aromatic N) is 14. The van der Waals surface area contributed by atoms with E-state index in [9.17, 15) is 0 Å². The van der Waals surface area contributed by atoms with Gasteiger partial charge in [-0.25, -0.2) is 39.9 Å². The molecule has 8 aromatic heterocycles. The van der Waals surface area contributed by atoms with Crippen molar-refractivity contribution >= 4 is 56.0 Å². The largest absolute Gasteiger partial charge is 0.378 e. The molecule has 80 heavy (non-hydrogen) atoms. The molecule has 0 atom stereocenters. The summed E-state index contributed by atoms with van der Waals surface area (Å²) < 4.78 is 8.52. The first-order valence-corrected chi connectivity index (χ1v) is 26.7. The minimum absolute atomic E-state index is 0.816. The van der Waals surface area contributed by atoms with Crippen molar-refractivity contribution in [1.29, 1.82) is 0 Å². The number of fused-ring (bicyclic) bond motifs is 4. The third-order valence-corrected chi connectivity index (χ3v) is 14.2. The molecule has 0 unspecified atom stereocenters. The lowest BCUT2D eigenvalue weighted by molar-refractivity contribution is 0.866. The van der Waals surface area contributed by atoms with Gasteiger partial charge in [-0.15, -0.1) is 0 Å². The Bertz CT molecular complexity index is 4210. The first-order chi connectivity index (χ1) is 39.4. The lowest BCUT2D eigenvalue weighted by atomic mass is 10.1. The summed E-state index contributed by atoms with van der Waals surface area (Å²) in [6.45, 7) is 6.13. The zero-order valence-corrected chi connectivity index (χ0v) is 44.6. The molecule has 0 aliphatic carbocycles. The molecule has 0 bridgehead atoms. The molecule has 14 aromatic rings. The summed E-state index contributed by atoms with van der Waals surface area (Å²) in [7, 11) is 4.10. The number of aromatic nitrogens is 12. The Balaban J connectivity index is 0.000000151. The zero-order chi connectivity index (χ0) is 54.1. The van der Waals surface area contributed by atoms with Gasteiger partial charge in [0.05, 0.1) is 0 Å². The molecule has 0 spiro atoms. The maximum absolute atomic E-state index is 5.11. The summed E-state index contributed by atoms with van der Waals surface area (Å²) in [6.07, 6.45) is 7.26. The van der Waals surface area contributed by atoms with Gasteiger partial charge >= 0.3 is 0 Å². The lowest BCUT2D eigenvalue weighted by Crippen LogP contribution is -2.22. The van der Waals surface area contributed by atoms with E-state index >= 15 is 0 Å². The third-order valence-electron chi connectivity index (χ3n) is 14.2. The van der Waals surface area contributed by atoms with Gasteiger partial charge in [0.2, 0.25) is 0 Å². The van der Waals surface area contributed by atoms with E-state index in [4.69, 9.17) is 29.9 Å². The highest BCUT2D eigenvalue weighted by Gasteiger charge is 2.23. The van der Waals surface area contributed by atoms with Crippen LogP contribution in [0.25, 0.3) is 113 Å². The van der Waals surface area contributed by atoms with Crippen LogP contribution in [0.1, 0.15) is 13.8 Å². The van der Waals surface area contributed by atoms with Crippen LogP contribution in [0.5, 0.6) is 0 Å². The number of anilines is 2. The molecule has 0 saturated heterocycles. The van der Waals surface area contributed by atoms with Gasteiger partial charge < -0.3 is 9.80 Å². The normalized spacial score (nSPS) is 11.3. The second kappa shape index (κ2) is 21.1. The van der Waals surface area contributed by atoms with Crippen molar-refractivity contribution in [1.82, 2.24) is 58.1 Å². The predicted octanol–water partition coefficient (Wildman–Crippen LogP) is 13.9. The number of imidazole rings is 4. The monoisotopic (exact) mass is 1040 g/mol. The van der Waals surface area contributed by atoms with Crippen LogP contribution in [-0.2, 0) is 0 Å². The fourth-order valence-electron chi connectivity index (χ4n) is 10.5. The Kier molecular flexibility index (Phi) is 12.9. The van der Waals surface area contributed by atoms with Gasteiger partial charge in [-0.1, -0.05) is 72.8 Å². The van der Waals surface area contributed by atoms with Gasteiger partial charge in [-0.3, -0.25) is 18.3 Å². The van der Waals surface area contributed by atoms with Crippen LogP contribution in [0.15, 0.2) is 231 Å². The molecule has 0 aliphatic heterocycles. The average Bonchev–Trinajstić information content (AvgIpc) is 4.34. The second-order valence-electron chi connectivity index (χ2n) is 19.4. The van der Waals surface area contributed by atoms with Crippen molar-refractivity contribution in [3.8, 4) is 68.3 Å². The molecule has 0 amide bonds. The summed E-state index contributed by atoms with van der Waals surface area (Å²) in [4.78, 5) is 43.6. The molecule has 14 heteroatoms. The van der Waals surface area contributed by atoms with E-state index in [1.807, 2.05) is 160 Å². The van der Waals surface area contributed by atoms with Crippen molar-refractivity contribution < 1.29 is 0 Å². The number of rotatable bonds is 12. The number of hydrogen-bond acceptors (Lipinski definition) is 10. The average molecular weight is 1040 g/mol. The van der Waals surface area contributed by atoms with Crippen molar-refractivity contribution in [2.75, 3.05) is 37.0 Å². The summed E-state index contributed by atoms with van der Waals surface area (Å²) in [5.74, 6) is 3.31. The van der Waals surface area contributed by atoms with Crippen LogP contribution < -0.4 is 9.80 Å². The fourth-order valence-corrected chi connectivity index (χ4v) is 10.5. The molecule has 0 fully saturated rings.